The lowest BCUT2D eigenvalue weighted by atomic mass is 10.0. The van der Waals surface area contributed by atoms with Gasteiger partial charge in [0.1, 0.15) is 4.90 Å². The predicted molar refractivity (Wildman–Crippen MR) is 113 cm³/mol. The zero-order valence-corrected chi connectivity index (χ0v) is 18.0. The van der Waals surface area contributed by atoms with Gasteiger partial charge in [-0.1, -0.05) is 36.2 Å². The van der Waals surface area contributed by atoms with Gasteiger partial charge in [0.15, 0.2) is 0 Å². The molecule has 0 aromatic heterocycles. The summed E-state index contributed by atoms with van der Waals surface area (Å²) in [5.41, 5.74) is 1.63. The minimum atomic E-state index is -3.77. The minimum absolute atomic E-state index is 0.0501. The van der Waals surface area contributed by atoms with Crippen LogP contribution in [0.1, 0.15) is 35.7 Å². The molecule has 28 heavy (non-hydrogen) atoms. The van der Waals surface area contributed by atoms with Crippen LogP contribution in [0.5, 0.6) is 0 Å². The van der Waals surface area contributed by atoms with Crippen LogP contribution in [0, 0.1) is 12.8 Å². The number of carbonyl (C=O) groups is 1. The van der Waals surface area contributed by atoms with Gasteiger partial charge in [0, 0.05) is 18.7 Å². The summed E-state index contributed by atoms with van der Waals surface area (Å²) in [6.45, 7) is 4.83. The molecule has 1 unspecified atom stereocenters. The highest BCUT2D eigenvalue weighted by Gasteiger charge is 2.31. The molecule has 0 aliphatic carbocycles. The number of nitrogens with one attached hydrogen (secondary N) is 1. The Hall–Kier alpha value is -1.60. The largest absolute Gasteiger partial charge is 0.321 e. The molecule has 0 saturated carbocycles. The van der Waals surface area contributed by atoms with Gasteiger partial charge in [-0.15, -0.1) is 0 Å². The number of piperidine rings is 1. The van der Waals surface area contributed by atoms with Crippen molar-refractivity contribution in [3.8, 4) is 0 Å². The van der Waals surface area contributed by atoms with Crippen molar-refractivity contribution in [2.75, 3.05) is 18.4 Å². The van der Waals surface area contributed by atoms with Crippen molar-refractivity contribution in [1.82, 2.24) is 4.31 Å². The molecule has 1 saturated heterocycles. The highest BCUT2D eigenvalue weighted by atomic mass is 35.5. The highest BCUT2D eigenvalue weighted by Crippen LogP contribution is 2.30. The number of hydrogen-bond donors (Lipinski definition) is 1. The molecule has 2 aromatic rings. The number of amides is 1. The maximum Gasteiger partial charge on any atom is 0.255 e. The number of halogens is 2. The van der Waals surface area contributed by atoms with Crippen LogP contribution in [0.2, 0.25) is 10.0 Å². The summed E-state index contributed by atoms with van der Waals surface area (Å²) in [6.07, 6.45) is 1.81. The Balaban J connectivity index is 1.89. The van der Waals surface area contributed by atoms with Crippen molar-refractivity contribution in [1.29, 1.82) is 0 Å². The normalized spacial score (nSPS) is 18.1. The third-order valence-corrected chi connectivity index (χ3v) is 7.46. The van der Waals surface area contributed by atoms with Gasteiger partial charge in [0.2, 0.25) is 10.0 Å². The monoisotopic (exact) mass is 440 g/mol. The summed E-state index contributed by atoms with van der Waals surface area (Å²) in [5, 5.41) is 3.23. The van der Waals surface area contributed by atoms with Crippen LogP contribution in [0.3, 0.4) is 0 Å². The zero-order chi connectivity index (χ0) is 20.5. The molecule has 1 aliphatic rings. The molecule has 150 valence electrons. The maximum atomic E-state index is 13.1. The van der Waals surface area contributed by atoms with Crippen LogP contribution in [0.15, 0.2) is 41.3 Å². The predicted octanol–water partition coefficient (Wildman–Crippen LogP) is 4.97. The van der Waals surface area contributed by atoms with E-state index in [1.54, 1.807) is 12.1 Å². The quantitative estimate of drug-likeness (QED) is 0.728. The van der Waals surface area contributed by atoms with E-state index >= 15 is 0 Å². The first-order chi connectivity index (χ1) is 13.2. The summed E-state index contributed by atoms with van der Waals surface area (Å²) < 4.78 is 27.6. The van der Waals surface area contributed by atoms with Gasteiger partial charge in [-0.3, -0.25) is 4.79 Å². The SMILES string of the molecule is Cc1ccc(NC(=O)c2ccc(Cl)c(S(=O)(=O)N3CCCC(C)C3)c2)c(Cl)c1. The van der Waals surface area contributed by atoms with Gasteiger partial charge in [-0.05, 0) is 61.6 Å². The van der Waals surface area contributed by atoms with E-state index in [1.165, 1.54) is 22.5 Å². The van der Waals surface area contributed by atoms with E-state index in [4.69, 9.17) is 23.2 Å². The molecule has 0 bridgehead atoms. The van der Waals surface area contributed by atoms with Crippen LogP contribution in [0.4, 0.5) is 5.69 Å². The topological polar surface area (TPSA) is 66.5 Å². The molecule has 1 heterocycles. The first kappa shape index (κ1) is 21.1. The molecule has 3 rings (SSSR count). The highest BCUT2D eigenvalue weighted by molar-refractivity contribution is 7.89. The summed E-state index contributed by atoms with van der Waals surface area (Å²) in [7, 11) is -3.77. The Kier molecular flexibility index (Phi) is 6.34. The van der Waals surface area contributed by atoms with Crippen molar-refractivity contribution in [3.05, 3.63) is 57.6 Å². The molecule has 1 amide bonds. The van der Waals surface area contributed by atoms with Crippen molar-refractivity contribution in [2.45, 2.75) is 31.6 Å². The third-order valence-electron chi connectivity index (χ3n) is 4.80. The van der Waals surface area contributed by atoms with Gasteiger partial charge >= 0.3 is 0 Å². The van der Waals surface area contributed by atoms with Gasteiger partial charge in [-0.2, -0.15) is 4.31 Å². The third kappa shape index (κ3) is 4.51. The number of carbonyl (C=O) groups excluding carboxylic acids is 1. The number of nitrogens with zero attached hydrogens (tertiary/aromatic N) is 1. The van der Waals surface area contributed by atoms with Crippen LogP contribution in [-0.2, 0) is 10.0 Å². The van der Waals surface area contributed by atoms with Gasteiger partial charge in [0.25, 0.3) is 5.91 Å². The summed E-state index contributed by atoms with van der Waals surface area (Å²) in [6, 6.07) is 9.54. The fraction of sp³-hybridized carbons (Fsp3) is 0.350. The van der Waals surface area contributed by atoms with Crippen LogP contribution < -0.4 is 5.32 Å². The van der Waals surface area contributed by atoms with E-state index in [0.29, 0.717) is 23.8 Å². The van der Waals surface area contributed by atoms with Crippen molar-refractivity contribution in [3.63, 3.8) is 0 Å². The Labute approximate surface area is 175 Å². The Morgan fingerprint density at radius 2 is 1.89 bits per heavy atom. The molecular formula is C20H22Cl2N2O3S. The summed E-state index contributed by atoms with van der Waals surface area (Å²) in [5.74, 6) is -0.164. The standard InChI is InChI=1S/C20H22Cl2N2O3S/c1-13-5-8-18(17(22)10-13)23-20(25)15-6-7-16(21)19(11-15)28(26,27)24-9-3-4-14(2)12-24/h5-8,10-11,14H,3-4,9,12H2,1-2H3,(H,23,25). The van der Waals surface area contributed by atoms with Crippen LogP contribution >= 0.6 is 23.2 Å². The number of aryl methyl sites for hydroxylation is 1. The lowest BCUT2D eigenvalue weighted by Crippen LogP contribution is -2.39. The average Bonchev–Trinajstić information content (AvgIpc) is 2.64. The van der Waals surface area contributed by atoms with Gasteiger partial charge in [-0.25, -0.2) is 8.42 Å². The molecule has 1 atom stereocenters. The number of rotatable bonds is 4. The molecule has 5 nitrogen and oxygen atoms in total. The number of hydrogen-bond acceptors (Lipinski definition) is 3. The molecular weight excluding hydrogens is 419 g/mol. The van der Waals surface area contributed by atoms with E-state index < -0.39 is 15.9 Å². The first-order valence-electron chi connectivity index (χ1n) is 9.05. The molecule has 0 spiro atoms. The second-order valence-corrected chi connectivity index (χ2v) is 9.91. The van der Waals surface area contributed by atoms with Crippen LogP contribution in [0.25, 0.3) is 0 Å². The van der Waals surface area contributed by atoms with Gasteiger partial charge < -0.3 is 5.32 Å². The van der Waals surface area contributed by atoms with Crippen molar-refractivity contribution in [2.24, 2.45) is 5.92 Å². The Morgan fingerprint density at radius 3 is 2.57 bits per heavy atom. The lowest BCUT2D eigenvalue weighted by Gasteiger charge is -2.30. The smallest absolute Gasteiger partial charge is 0.255 e. The fourth-order valence-corrected chi connectivity index (χ4v) is 5.64. The molecule has 1 fully saturated rings. The number of benzene rings is 2. The maximum absolute atomic E-state index is 13.1. The van der Waals surface area contributed by atoms with E-state index in [-0.39, 0.29) is 21.4 Å². The Bertz CT molecular complexity index is 1010. The second-order valence-electron chi connectivity index (χ2n) is 7.19. The van der Waals surface area contributed by atoms with E-state index in [1.807, 2.05) is 19.9 Å². The zero-order valence-electron chi connectivity index (χ0n) is 15.7. The average molecular weight is 441 g/mol. The van der Waals surface area contributed by atoms with Crippen molar-refractivity contribution >= 4 is 44.8 Å². The van der Waals surface area contributed by atoms with E-state index in [2.05, 4.69) is 5.32 Å². The summed E-state index contributed by atoms with van der Waals surface area (Å²) in [4.78, 5) is 12.6. The fourth-order valence-electron chi connectivity index (χ4n) is 3.26. The second kappa shape index (κ2) is 8.41. The first-order valence-corrected chi connectivity index (χ1v) is 11.3. The Morgan fingerprint density at radius 1 is 1.14 bits per heavy atom. The summed E-state index contributed by atoms with van der Waals surface area (Å²) >= 11 is 12.4. The van der Waals surface area contributed by atoms with Crippen LogP contribution in [-0.4, -0.2) is 31.7 Å². The van der Waals surface area contributed by atoms with E-state index in [0.717, 1.165) is 18.4 Å². The minimum Gasteiger partial charge on any atom is -0.321 e. The molecule has 0 radical (unpaired) electrons. The number of sulfonamides is 1. The molecule has 2 aromatic carbocycles. The van der Waals surface area contributed by atoms with Crippen molar-refractivity contribution < 1.29 is 13.2 Å². The van der Waals surface area contributed by atoms with E-state index in [9.17, 15) is 13.2 Å². The molecule has 8 heteroatoms. The lowest BCUT2D eigenvalue weighted by molar-refractivity contribution is 0.102. The number of anilines is 1. The van der Waals surface area contributed by atoms with Gasteiger partial charge in [0.05, 0.1) is 15.7 Å². The molecule has 1 N–H and O–H groups in total. The molecule has 1 aliphatic heterocycles.